The number of benzene rings is 1. The standard InChI is InChI=1S/C23H17N3O6S/c27-15(12-31-19-11-14-5-1-2-6-16(14)32-22(19)28)13-33-23-24-20(17-7-3-9-29-17)21(25-26-23)18-8-4-10-30-18/h1-11,15,27H,12-13H2. The Kier molecular flexibility index (Phi) is 5.92. The number of nitrogens with zero attached hydrogens (tertiary/aromatic N) is 3. The highest BCUT2D eigenvalue weighted by molar-refractivity contribution is 7.99. The molecule has 0 radical (unpaired) electrons. The van der Waals surface area contributed by atoms with E-state index in [2.05, 4.69) is 15.2 Å². The van der Waals surface area contributed by atoms with Crippen LogP contribution in [0, 0.1) is 0 Å². The summed E-state index contributed by atoms with van der Waals surface area (Å²) < 4.78 is 21.6. The molecule has 0 spiro atoms. The summed E-state index contributed by atoms with van der Waals surface area (Å²) in [4.78, 5) is 16.6. The van der Waals surface area contributed by atoms with Crippen molar-refractivity contribution < 1.29 is 23.1 Å². The second kappa shape index (κ2) is 9.31. The Bertz CT molecular complexity index is 1420. The van der Waals surface area contributed by atoms with Crippen LogP contribution in [0.2, 0.25) is 0 Å². The zero-order chi connectivity index (χ0) is 22.6. The van der Waals surface area contributed by atoms with E-state index in [1.807, 2.05) is 12.1 Å². The molecule has 0 aliphatic carbocycles. The number of rotatable bonds is 8. The fourth-order valence-electron chi connectivity index (χ4n) is 3.09. The van der Waals surface area contributed by atoms with Gasteiger partial charge in [0.25, 0.3) is 0 Å². The van der Waals surface area contributed by atoms with Crippen LogP contribution >= 0.6 is 11.8 Å². The van der Waals surface area contributed by atoms with E-state index in [9.17, 15) is 9.90 Å². The Morgan fingerprint density at radius 2 is 1.73 bits per heavy atom. The molecule has 9 nitrogen and oxygen atoms in total. The third kappa shape index (κ3) is 4.66. The normalized spacial score (nSPS) is 12.2. The lowest BCUT2D eigenvalue weighted by molar-refractivity contribution is 0.124. The summed E-state index contributed by atoms with van der Waals surface area (Å²) in [7, 11) is 0. The SMILES string of the molecule is O=c1oc2ccccc2cc1OCC(O)CSc1nnc(-c2ccco2)c(-c2ccco2)n1. The fourth-order valence-corrected chi connectivity index (χ4v) is 3.78. The summed E-state index contributed by atoms with van der Waals surface area (Å²) in [6.45, 7) is -0.0982. The molecule has 1 atom stereocenters. The molecule has 1 unspecified atom stereocenters. The molecule has 0 aliphatic heterocycles. The van der Waals surface area contributed by atoms with Gasteiger partial charge in [-0.2, -0.15) is 0 Å². The van der Waals surface area contributed by atoms with Crippen LogP contribution < -0.4 is 10.4 Å². The number of aromatic nitrogens is 3. The molecule has 5 rings (SSSR count). The van der Waals surface area contributed by atoms with Gasteiger partial charge in [-0.3, -0.25) is 0 Å². The number of hydrogen-bond donors (Lipinski definition) is 1. The van der Waals surface area contributed by atoms with Crippen molar-refractivity contribution in [1.82, 2.24) is 15.2 Å². The first-order chi connectivity index (χ1) is 16.2. The second-order valence-electron chi connectivity index (χ2n) is 6.96. The summed E-state index contributed by atoms with van der Waals surface area (Å²) in [6.07, 6.45) is 2.19. The monoisotopic (exact) mass is 463 g/mol. The van der Waals surface area contributed by atoms with Crippen molar-refractivity contribution >= 4 is 22.7 Å². The fraction of sp³-hybridized carbons (Fsp3) is 0.130. The average molecular weight is 463 g/mol. The maximum Gasteiger partial charge on any atom is 0.379 e. The van der Waals surface area contributed by atoms with Crippen molar-refractivity contribution in [2.45, 2.75) is 11.3 Å². The van der Waals surface area contributed by atoms with Crippen molar-refractivity contribution in [3.8, 4) is 28.7 Å². The van der Waals surface area contributed by atoms with Gasteiger partial charge in [0.15, 0.2) is 17.2 Å². The van der Waals surface area contributed by atoms with Gasteiger partial charge in [-0.1, -0.05) is 30.0 Å². The number of thioether (sulfide) groups is 1. The summed E-state index contributed by atoms with van der Waals surface area (Å²) in [5.41, 5.74) is 0.803. The number of furan rings is 2. The number of para-hydroxylation sites is 1. The molecule has 0 amide bonds. The van der Waals surface area contributed by atoms with Crippen LogP contribution in [-0.4, -0.2) is 38.8 Å². The molecule has 1 aromatic carbocycles. The molecule has 0 fully saturated rings. The van der Waals surface area contributed by atoms with Crippen molar-refractivity contribution in [2.75, 3.05) is 12.4 Å². The Balaban J connectivity index is 1.26. The van der Waals surface area contributed by atoms with Gasteiger partial charge in [0.2, 0.25) is 10.9 Å². The predicted molar refractivity (Wildman–Crippen MR) is 120 cm³/mol. The van der Waals surface area contributed by atoms with Crippen LogP contribution in [0.25, 0.3) is 33.9 Å². The van der Waals surface area contributed by atoms with Crippen molar-refractivity contribution in [1.29, 1.82) is 0 Å². The first kappa shape index (κ1) is 21.0. The third-order valence-electron chi connectivity index (χ3n) is 4.62. The van der Waals surface area contributed by atoms with Crippen molar-refractivity contribution in [3.63, 3.8) is 0 Å². The van der Waals surface area contributed by atoms with E-state index >= 15 is 0 Å². The number of ether oxygens (including phenoxy) is 1. The van der Waals surface area contributed by atoms with Crippen LogP contribution in [0.15, 0.2) is 90.3 Å². The minimum absolute atomic E-state index is 0.0403. The molecule has 4 aromatic heterocycles. The molecule has 166 valence electrons. The van der Waals surface area contributed by atoms with E-state index in [0.29, 0.717) is 33.6 Å². The lowest BCUT2D eigenvalue weighted by Gasteiger charge is -2.11. The van der Waals surface area contributed by atoms with E-state index in [1.54, 1.807) is 48.7 Å². The minimum Gasteiger partial charge on any atom is -0.484 e. The molecule has 33 heavy (non-hydrogen) atoms. The number of hydrogen-bond acceptors (Lipinski definition) is 10. The molecule has 0 saturated heterocycles. The van der Waals surface area contributed by atoms with Gasteiger partial charge in [0.05, 0.1) is 18.6 Å². The molecule has 5 aromatic rings. The minimum atomic E-state index is -0.888. The first-order valence-electron chi connectivity index (χ1n) is 9.96. The highest BCUT2D eigenvalue weighted by atomic mass is 32.2. The zero-order valence-corrected chi connectivity index (χ0v) is 17.9. The molecule has 0 bridgehead atoms. The Labute approximate surface area is 191 Å². The van der Waals surface area contributed by atoms with Gasteiger partial charge < -0.3 is 23.1 Å². The van der Waals surface area contributed by atoms with E-state index in [4.69, 9.17) is 18.0 Å². The van der Waals surface area contributed by atoms with Crippen LogP contribution in [0.3, 0.4) is 0 Å². The van der Waals surface area contributed by atoms with Gasteiger partial charge in [0, 0.05) is 11.1 Å². The predicted octanol–water partition coefficient (Wildman–Crippen LogP) is 4.03. The maximum atomic E-state index is 12.1. The second-order valence-corrected chi connectivity index (χ2v) is 7.95. The van der Waals surface area contributed by atoms with Crippen molar-refractivity contribution in [2.24, 2.45) is 0 Å². The summed E-state index contributed by atoms with van der Waals surface area (Å²) in [5.74, 6) is 1.29. The van der Waals surface area contributed by atoms with Crippen LogP contribution in [-0.2, 0) is 0 Å². The number of fused-ring (bicyclic) bond motifs is 1. The largest absolute Gasteiger partial charge is 0.484 e. The highest BCUT2D eigenvalue weighted by Crippen LogP contribution is 2.30. The average Bonchev–Trinajstić information content (AvgIpc) is 3.56. The lowest BCUT2D eigenvalue weighted by atomic mass is 10.2. The summed E-state index contributed by atoms with van der Waals surface area (Å²) in [5, 5.41) is 19.8. The summed E-state index contributed by atoms with van der Waals surface area (Å²) >= 11 is 1.20. The smallest absolute Gasteiger partial charge is 0.379 e. The number of aliphatic hydroxyl groups excluding tert-OH is 1. The Morgan fingerprint density at radius 3 is 2.48 bits per heavy atom. The number of aliphatic hydroxyl groups is 1. The quantitative estimate of drug-likeness (QED) is 0.266. The van der Waals surface area contributed by atoms with Crippen LogP contribution in [0.5, 0.6) is 5.75 Å². The van der Waals surface area contributed by atoms with E-state index in [0.717, 1.165) is 5.39 Å². The van der Waals surface area contributed by atoms with E-state index in [1.165, 1.54) is 18.0 Å². The van der Waals surface area contributed by atoms with Gasteiger partial charge in [0.1, 0.15) is 17.9 Å². The van der Waals surface area contributed by atoms with Gasteiger partial charge >= 0.3 is 5.63 Å². The topological polar surface area (TPSA) is 125 Å². The third-order valence-corrected chi connectivity index (χ3v) is 5.60. The maximum absolute atomic E-state index is 12.1. The summed E-state index contributed by atoms with van der Waals surface area (Å²) in [6, 6.07) is 15.7. The van der Waals surface area contributed by atoms with Crippen LogP contribution in [0.1, 0.15) is 0 Å². The molecule has 1 N–H and O–H groups in total. The van der Waals surface area contributed by atoms with Crippen molar-refractivity contribution in [3.05, 3.63) is 77.5 Å². The zero-order valence-electron chi connectivity index (χ0n) is 17.1. The molecule has 10 heteroatoms. The van der Waals surface area contributed by atoms with E-state index in [-0.39, 0.29) is 18.1 Å². The molecular weight excluding hydrogens is 446 g/mol. The van der Waals surface area contributed by atoms with Gasteiger partial charge in [-0.25, -0.2) is 9.78 Å². The molecule has 0 saturated carbocycles. The molecule has 4 heterocycles. The first-order valence-corrected chi connectivity index (χ1v) is 10.9. The van der Waals surface area contributed by atoms with E-state index < -0.39 is 11.7 Å². The van der Waals surface area contributed by atoms with Gasteiger partial charge in [-0.05, 0) is 36.4 Å². The lowest BCUT2D eigenvalue weighted by Crippen LogP contribution is -2.22. The molecular formula is C23H17N3O6S. The van der Waals surface area contributed by atoms with Crippen LogP contribution in [0.4, 0.5) is 0 Å². The Hall–Kier alpha value is -3.89. The Morgan fingerprint density at radius 1 is 0.970 bits per heavy atom. The van der Waals surface area contributed by atoms with Gasteiger partial charge in [-0.15, -0.1) is 10.2 Å². The highest BCUT2D eigenvalue weighted by Gasteiger charge is 2.19. The molecule has 0 aliphatic rings.